The molecule has 0 radical (unpaired) electrons. The number of hydrogen-bond acceptors (Lipinski definition) is 2. The van der Waals surface area contributed by atoms with Crippen LogP contribution in [0.2, 0.25) is 0 Å². The molecule has 2 nitrogen and oxygen atoms in total. The maximum Gasteiger partial charge on any atom is 0.0167 e. The zero-order chi connectivity index (χ0) is 8.69. The molecule has 0 rings (SSSR count). The number of nitrogens with one attached hydrogen (secondary N) is 1. The monoisotopic (exact) mass is 158 g/mol. The van der Waals surface area contributed by atoms with Gasteiger partial charge in [-0.1, -0.05) is 26.7 Å². The van der Waals surface area contributed by atoms with Gasteiger partial charge in [-0.25, -0.2) is 0 Å². The number of nitrogens with two attached hydrogens (primary N) is 1. The molecule has 1 atom stereocenters. The first kappa shape index (κ1) is 10.9. The van der Waals surface area contributed by atoms with Gasteiger partial charge in [-0.2, -0.15) is 0 Å². The summed E-state index contributed by atoms with van der Waals surface area (Å²) < 4.78 is 0. The molecule has 0 aromatic carbocycles. The van der Waals surface area contributed by atoms with Gasteiger partial charge in [-0.05, 0) is 19.4 Å². The quantitative estimate of drug-likeness (QED) is 0.612. The van der Waals surface area contributed by atoms with Crippen LogP contribution in [0.3, 0.4) is 0 Å². The van der Waals surface area contributed by atoms with E-state index < -0.39 is 0 Å². The summed E-state index contributed by atoms with van der Waals surface area (Å²) >= 11 is 0. The van der Waals surface area contributed by atoms with Crippen LogP contribution in [-0.2, 0) is 0 Å². The third-order valence-corrected chi connectivity index (χ3v) is 2.26. The molecular weight excluding hydrogens is 136 g/mol. The molecule has 0 aliphatic carbocycles. The van der Waals surface area contributed by atoms with Crippen molar-refractivity contribution in [3.8, 4) is 0 Å². The Morgan fingerprint density at radius 3 is 2.18 bits per heavy atom. The molecule has 0 saturated heterocycles. The van der Waals surface area contributed by atoms with Crippen molar-refractivity contribution in [3.05, 3.63) is 0 Å². The van der Waals surface area contributed by atoms with E-state index in [1.54, 1.807) is 0 Å². The fourth-order valence-corrected chi connectivity index (χ4v) is 1.40. The van der Waals surface area contributed by atoms with Crippen molar-refractivity contribution in [2.75, 3.05) is 13.6 Å². The van der Waals surface area contributed by atoms with E-state index in [2.05, 4.69) is 19.2 Å². The number of likely N-dealkylation sites (N-methyl/N-ethyl adjacent to an activating group) is 1. The van der Waals surface area contributed by atoms with Crippen LogP contribution in [0, 0.1) is 5.92 Å². The minimum Gasteiger partial charge on any atom is -0.327 e. The average Bonchev–Trinajstić information content (AvgIpc) is 2.01. The standard InChI is InChI=1S/C9H22N2/c1-4-8(5-2)6-9(10)7-11-3/h8-9,11H,4-7,10H2,1-3H3. The first-order chi connectivity index (χ1) is 5.24. The lowest BCUT2D eigenvalue weighted by molar-refractivity contribution is 0.402. The highest BCUT2D eigenvalue weighted by Gasteiger charge is 2.08. The molecule has 0 aromatic heterocycles. The van der Waals surface area contributed by atoms with E-state index in [9.17, 15) is 0 Å². The molecule has 3 N–H and O–H groups in total. The Hall–Kier alpha value is -0.0800. The Kier molecular flexibility index (Phi) is 6.57. The van der Waals surface area contributed by atoms with Gasteiger partial charge in [0.2, 0.25) is 0 Å². The van der Waals surface area contributed by atoms with Gasteiger partial charge < -0.3 is 11.1 Å². The molecule has 1 unspecified atom stereocenters. The highest BCUT2D eigenvalue weighted by Crippen LogP contribution is 2.13. The molecule has 0 saturated carbocycles. The van der Waals surface area contributed by atoms with Gasteiger partial charge in [0.1, 0.15) is 0 Å². The van der Waals surface area contributed by atoms with E-state index in [-0.39, 0.29) is 0 Å². The average molecular weight is 158 g/mol. The first-order valence-electron chi connectivity index (χ1n) is 4.64. The Morgan fingerprint density at radius 1 is 1.27 bits per heavy atom. The van der Waals surface area contributed by atoms with Crippen LogP contribution < -0.4 is 11.1 Å². The van der Waals surface area contributed by atoms with Gasteiger partial charge >= 0.3 is 0 Å². The molecule has 0 bridgehead atoms. The fraction of sp³-hybridized carbons (Fsp3) is 1.00. The van der Waals surface area contributed by atoms with Crippen molar-refractivity contribution < 1.29 is 0 Å². The predicted molar refractivity (Wildman–Crippen MR) is 50.6 cm³/mol. The first-order valence-corrected chi connectivity index (χ1v) is 4.64. The summed E-state index contributed by atoms with van der Waals surface area (Å²) in [7, 11) is 1.95. The molecule has 0 heterocycles. The summed E-state index contributed by atoms with van der Waals surface area (Å²) in [6.07, 6.45) is 3.68. The zero-order valence-corrected chi connectivity index (χ0v) is 8.06. The summed E-state index contributed by atoms with van der Waals surface area (Å²) in [5.74, 6) is 0.818. The lowest BCUT2D eigenvalue weighted by Gasteiger charge is -2.17. The fourth-order valence-electron chi connectivity index (χ4n) is 1.40. The summed E-state index contributed by atoms with van der Waals surface area (Å²) in [6, 6.07) is 0.338. The Morgan fingerprint density at radius 2 is 1.82 bits per heavy atom. The number of rotatable bonds is 6. The largest absolute Gasteiger partial charge is 0.327 e. The molecule has 0 aromatic rings. The molecule has 11 heavy (non-hydrogen) atoms. The summed E-state index contributed by atoms with van der Waals surface area (Å²) in [4.78, 5) is 0. The lowest BCUT2D eigenvalue weighted by Crippen LogP contribution is -2.33. The SMILES string of the molecule is CCC(CC)CC(N)CNC. The van der Waals surface area contributed by atoms with Crippen LogP contribution in [0.25, 0.3) is 0 Å². The van der Waals surface area contributed by atoms with E-state index in [0.29, 0.717) is 6.04 Å². The topological polar surface area (TPSA) is 38.0 Å². The molecular formula is C9H22N2. The minimum absolute atomic E-state index is 0.338. The van der Waals surface area contributed by atoms with E-state index in [4.69, 9.17) is 5.73 Å². The van der Waals surface area contributed by atoms with Gasteiger partial charge in [0.15, 0.2) is 0 Å². The highest BCUT2D eigenvalue weighted by molar-refractivity contribution is 4.68. The molecule has 0 amide bonds. The van der Waals surface area contributed by atoms with E-state index >= 15 is 0 Å². The van der Waals surface area contributed by atoms with Crippen molar-refractivity contribution >= 4 is 0 Å². The second-order valence-electron chi connectivity index (χ2n) is 3.24. The van der Waals surface area contributed by atoms with E-state index in [1.807, 2.05) is 7.05 Å². The van der Waals surface area contributed by atoms with Gasteiger partial charge in [-0.15, -0.1) is 0 Å². The maximum absolute atomic E-state index is 5.87. The predicted octanol–water partition coefficient (Wildman–Crippen LogP) is 1.36. The van der Waals surface area contributed by atoms with Crippen LogP contribution in [0.5, 0.6) is 0 Å². The molecule has 0 fully saturated rings. The third kappa shape index (κ3) is 5.22. The van der Waals surface area contributed by atoms with Gasteiger partial charge in [0.25, 0.3) is 0 Å². The van der Waals surface area contributed by atoms with E-state index in [1.165, 1.54) is 12.8 Å². The van der Waals surface area contributed by atoms with Crippen LogP contribution in [-0.4, -0.2) is 19.6 Å². The molecule has 0 spiro atoms. The third-order valence-electron chi connectivity index (χ3n) is 2.26. The maximum atomic E-state index is 5.87. The Labute approximate surface area is 70.5 Å². The second kappa shape index (κ2) is 6.62. The zero-order valence-electron chi connectivity index (χ0n) is 8.06. The van der Waals surface area contributed by atoms with Gasteiger partial charge in [0.05, 0.1) is 0 Å². The highest BCUT2D eigenvalue weighted by atomic mass is 14.9. The molecule has 68 valence electrons. The van der Waals surface area contributed by atoms with Gasteiger partial charge in [0, 0.05) is 12.6 Å². The van der Waals surface area contributed by atoms with Crippen molar-refractivity contribution in [2.24, 2.45) is 11.7 Å². The normalized spacial score (nSPS) is 13.9. The molecule has 0 aliphatic heterocycles. The van der Waals surface area contributed by atoms with Gasteiger partial charge in [-0.3, -0.25) is 0 Å². The van der Waals surface area contributed by atoms with Crippen LogP contribution in [0.4, 0.5) is 0 Å². The molecule has 2 heteroatoms. The van der Waals surface area contributed by atoms with Crippen molar-refractivity contribution in [3.63, 3.8) is 0 Å². The van der Waals surface area contributed by atoms with Crippen molar-refractivity contribution in [1.82, 2.24) is 5.32 Å². The van der Waals surface area contributed by atoms with Crippen molar-refractivity contribution in [1.29, 1.82) is 0 Å². The lowest BCUT2D eigenvalue weighted by atomic mass is 9.95. The summed E-state index contributed by atoms with van der Waals surface area (Å²) in [5.41, 5.74) is 5.87. The van der Waals surface area contributed by atoms with Crippen LogP contribution in [0.1, 0.15) is 33.1 Å². The van der Waals surface area contributed by atoms with Crippen LogP contribution >= 0.6 is 0 Å². The minimum atomic E-state index is 0.338. The Bertz CT molecular complexity index is 79.6. The number of hydrogen-bond donors (Lipinski definition) is 2. The second-order valence-corrected chi connectivity index (χ2v) is 3.24. The van der Waals surface area contributed by atoms with Crippen LogP contribution in [0.15, 0.2) is 0 Å². The smallest absolute Gasteiger partial charge is 0.0167 e. The molecule has 0 aliphatic rings. The van der Waals surface area contributed by atoms with Crippen molar-refractivity contribution in [2.45, 2.75) is 39.2 Å². The summed E-state index contributed by atoms with van der Waals surface area (Å²) in [5, 5.41) is 3.10. The Balaban J connectivity index is 3.44. The summed E-state index contributed by atoms with van der Waals surface area (Å²) in [6.45, 7) is 5.41. The van der Waals surface area contributed by atoms with E-state index in [0.717, 1.165) is 18.9 Å².